The van der Waals surface area contributed by atoms with Gasteiger partial charge in [-0.15, -0.1) is 0 Å². The van der Waals surface area contributed by atoms with Crippen molar-refractivity contribution in [3.05, 3.63) is 0 Å². The molecule has 0 radical (unpaired) electrons. The molecule has 0 bridgehead atoms. The second-order valence-corrected chi connectivity index (χ2v) is 3.94. The highest BCUT2D eigenvalue weighted by Gasteiger charge is 2.01. The monoisotopic (exact) mass is 264 g/mol. The zero-order chi connectivity index (χ0) is 14.2. The van der Waals surface area contributed by atoms with Crippen molar-refractivity contribution in [2.45, 2.75) is 13.8 Å². The van der Waals surface area contributed by atoms with Crippen LogP contribution in [0, 0.1) is 0 Å². The average Bonchev–Trinajstić information content (AvgIpc) is 2.41. The summed E-state index contributed by atoms with van der Waals surface area (Å²) >= 11 is 0. The van der Waals surface area contributed by atoms with Crippen LogP contribution in [0.3, 0.4) is 0 Å². The van der Waals surface area contributed by atoms with Gasteiger partial charge in [0, 0.05) is 33.3 Å². The van der Waals surface area contributed by atoms with Crippen LogP contribution in [-0.4, -0.2) is 88.7 Å². The Balaban J connectivity index is 0. The van der Waals surface area contributed by atoms with Crippen LogP contribution in [0.5, 0.6) is 0 Å². The maximum absolute atomic E-state index is 8.53. The van der Waals surface area contributed by atoms with E-state index in [1.54, 1.807) is 7.11 Å². The first-order valence-corrected chi connectivity index (χ1v) is 6.75. The van der Waals surface area contributed by atoms with Crippen molar-refractivity contribution in [2.75, 3.05) is 73.8 Å². The molecule has 0 fully saturated rings. The Labute approximate surface area is 113 Å². The van der Waals surface area contributed by atoms with E-state index in [0.29, 0.717) is 13.2 Å². The van der Waals surface area contributed by atoms with Crippen molar-refractivity contribution in [2.24, 2.45) is 0 Å². The molecular weight excluding hydrogens is 232 g/mol. The van der Waals surface area contributed by atoms with Crippen LogP contribution in [0.1, 0.15) is 13.8 Å². The summed E-state index contributed by atoms with van der Waals surface area (Å²) in [5, 5.41) is 8.53. The third-order valence-electron chi connectivity index (χ3n) is 2.39. The van der Waals surface area contributed by atoms with Crippen LogP contribution < -0.4 is 0 Å². The molecule has 0 heterocycles. The number of likely N-dealkylation sites (N-methyl/N-ethyl adjacent to an activating group) is 2. The Kier molecular flexibility index (Phi) is 18.8. The summed E-state index contributed by atoms with van der Waals surface area (Å²) in [6.45, 7) is 9.90. The lowest BCUT2D eigenvalue weighted by Gasteiger charge is -2.21. The van der Waals surface area contributed by atoms with E-state index in [-0.39, 0.29) is 6.61 Å². The maximum Gasteiger partial charge on any atom is 0.0698 e. The van der Waals surface area contributed by atoms with Gasteiger partial charge in [0.15, 0.2) is 0 Å². The fourth-order valence-corrected chi connectivity index (χ4v) is 1.20. The Morgan fingerprint density at radius 2 is 1.33 bits per heavy atom. The van der Waals surface area contributed by atoms with E-state index < -0.39 is 0 Å². The predicted molar refractivity (Wildman–Crippen MR) is 76.1 cm³/mol. The van der Waals surface area contributed by atoms with E-state index in [0.717, 1.165) is 32.8 Å². The molecule has 0 aliphatic heterocycles. The topological polar surface area (TPSA) is 45.2 Å². The van der Waals surface area contributed by atoms with Gasteiger partial charge in [-0.3, -0.25) is 0 Å². The Bertz CT molecular complexity index is 148. The van der Waals surface area contributed by atoms with Crippen LogP contribution in [0.2, 0.25) is 0 Å². The quantitative estimate of drug-likeness (QED) is 0.552. The summed E-state index contributed by atoms with van der Waals surface area (Å²) in [6.07, 6.45) is 0. The fourth-order valence-electron chi connectivity index (χ4n) is 1.20. The van der Waals surface area contributed by atoms with E-state index in [4.69, 9.17) is 14.6 Å². The highest BCUT2D eigenvalue weighted by molar-refractivity contribution is 4.56. The molecule has 0 amide bonds. The molecule has 0 saturated carbocycles. The molecule has 0 aromatic rings. The van der Waals surface area contributed by atoms with Crippen LogP contribution in [-0.2, 0) is 9.47 Å². The first-order valence-electron chi connectivity index (χ1n) is 6.75. The Morgan fingerprint density at radius 3 is 1.78 bits per heavy atom. The minimum Gasteiger partial charge on any atom is -0.394 e. The number of hydrogen-bond acceptors (Lipinski definition) is 5. The van der Waals surface area contributed by atoms with Gasteiger partial charge < -0.3 is 24.4 Å². The predicted octanol–water partition coefficient (Wildman–Crippen LogP) is 0.532. The number of rotatable bonds is 11. The zero-order valence-corrected chi connectivity index (χ0v) is 12.8. The standard InChI is InChI=1S/C11H26N2O3.C2H6/c1-12(6-9-15-3)4-5-13(2)7-10-16-11-8-14;1-2/h14H,4-11H2,1-3H3;1-2H3. The van der Waals surface area contributed by atoms with Crippen molar-refractivity contribution in [3.63, 3.8) is 0 Å². The Hall–Kier alpha value is -0.200. The molecule has 0 atom stereocenters. The van der Waals surface area contributed by atoms with Crippen molar-refractivity contribution >= 4 is 0 Å². The highest BCUT2D eigenvalue weighted by Crippen LogP contribution is 1.87. The number of hydrogen-bond donors (Lipinski definition) is 1. The van der Waals surface area contributed by atoms with Crippen LogP contribution in [0.15, 0.2) is 0 Å². The van der Waals surface area contributed by atoms with E-state index in [9.17, 15) is 0 Å². The lowest BCUT2D eigenvalue weighted by atomic mass is 10.4. The third-order valence-corrected chi connectivity index (χ3v) is 2.39. The summed E-state index contributed by atoms with van der Waals surface area (Å²) in [5.74, 6) is 0. The van der Waals surface area contributed by atoms with Gasteiger partial charge in [0.05, 0.1) is 26.4 Å². The first-order chi connectivity index (χ1) is 8.70. The number of methoxy groups -OCH3 is 1. The smallest absolute Gasteiger partial charge is 0.0698 e. The Morgan fingerprint density at radius 1 is 0.833 bits per heavy atom. The molecule has 18 heavy (non-hydrogen) atoms. The molecule has 5 nitrogen and oxygen atoms in total. The van der Waals surface area contributed by atoms with Gasteiger partial charge in [-0.05, 0) is 14.1 Å². The summed E-state index contributed by atoms with van der Waals surface area (Å²) in [4.78, 5) is 4.47. The van der Waals surface area contributed by atoms with Crippen molar-refractivity contribution in [1.29, 1.82) is 0 Å². The number of aliphatic hydroxyl groups is 1. The van der Waals surface area contributed by atoms with Crippen LogP contribution >= 0.6 is 0 Å². The van der Waals surface area contributed by atoms with Crippen molar-refractivity contribution in [1.82, 2.24) is 9.80 Å². The molecule has 0 saturated heterocycles. The molecule has 0 aliphatic carbocycles. The molecule has 0 aromatic carbocycles. The molecular formula is C13H32N2O3. The molecule has 0 aromatic heterocycles. The summed E-state index contributed by atoms with van der Waals surface area (Å²) in [5.41, 5.74) is 0. The van der Waals surface area contributed by atoms with Crippen LogP contribution in [0.25, 0.3) is 0 Å². The van der Waals surface area contributed by atoms with Crippen molar-refractivity contribution in [3.8, 4) is 0 Å². The second-order valence-electron chi connectivity index (χ2n) is 3.94. The van der Waals surface area contributed by atoms with E-state index in [1.807, 2.05) is 13.8 Å². The SMILES string of the molecule is CC.COCCN(C)CCN(C)CCOCCO. The number of nitrogens with zero attached hydrogens (tertiary/aromatic N) is 2. The van der Waals surface area contributed by atoms with Gasteiger partial charge >= 0.3 is 0 Å². The molecule has 5 heteroatoms. The van der Waals surface area contributed by atoms with Gasteiger partial charge in [-0.1, -0.05) is 13.8 Å². The van der Waals surface area contributed by atoms with Crippen molar-refractivity contribution < 1.29 is 14.6 Å². The molecule has 112 valence electrons. The zero-order valence-electron chi connectivity index (χ0n) is 12.8. The highest BCUT2D eigenvalue weighted by atomic mass is 16.5. The molecule has 0 aliphatic rings. The van der Waals surface area contributed by atoms with E-state index in [2.05, 4.69) is 23.9 Å². The molecule has 1 N–H and O–H groups in total. The van der Waals surface area contributed by atoms with Gasteiger partial charge in [0.2, 0.25) is 0 Å². The maximum atomic E-state index is 8.53. The fraction of sp³-hybridized carbons (Fsp3) is 1.00. The van der Waals surface area contributed by atoms with Gasteiger partial charge in [-0.25, -0.2) is 0 Å². The van der Waals surface area contributed by atoms with Gasteiger partial charge in [-0.2, -0.15) is 0 Å². The van der Waals surface area contributed by atoms with E-state index in [1.165, 1.54) is 0 Å². The lowest BCUT2D eigenvalue weighted by Crippen LogP contribution is -2.34. The molecule has 0 unspecified atom stereocenters. The summed E-state index contributed by atoms with van der Waals surface area (Å²) in [7, 11) is 5.89. The summed E-state index contributed by atoms with van der Waals surface area (Å²) < 4.78 is 10.2. The summed E-state index contributed by atoms with van der Waals surface area (Å²) in [6, 6.07) is 0. The van der Waals surface area contributed by atoms with E-state index >= 15 is 0 Å². The average molecular weight is 264 g/mol. The number of aliphatic hydroxyl groups excluding tert-OH is 1. The first kappa shape index (κ1) is 20.1. The van der Waals surface area contributed by atoms with Gasteiger partial charge in [0.1, 0.15) is 0 Å². The lowest BCUT2D eigenvalue weighted by molar-refractivity contribution is 0.0762. The second kappa shape index (κ2) is 16.8. The van der Waals surface area contributed by atoms with Gasteiger partial charge in [0.25, 0.3) is 0 Å². The van der Waals surface area contributed by atoms with Crippen LogP contribution in [0.4, 0.5) is 0 Å². The molecule has 0 spiro atoms. The largest absolute Gasteiger partial charge is 0.394 e. The molecule has 0 rings (SSSR count). The normalized spacial score (nSPS) is 10.7. The minimum atomic E-state index is 0.101. The third kappa shape index (κ3) is 15.8. The number of ether oxygens (including phenoxy) is 2. The minimum absolute atomic E-state index is 0.101.